The first-order chi connectivity index (χ1) is 16.5. The van der Waals surface area contributed by atoms with Gasteiger partial charge in [-0.3, -0.25) is 14.6 Å². The average Bonchev–Trinajstić information content (AvgIpc) is 3.26. The van der Waals surface area contributed by atoms with Crippen molar-refractivity contribution in [2.75, 3.05) is 0 Å². The van der Waals surface area contributed by atoms with Crippen LogP contribution in [0.1, 0.15) is 52.9 Å². The fourth-order valence-corrected chi connectivity index (χ4v) is 4.79. The topological polar surface area (TPSA) is 75.8 Å². The number of fused-ring (bicyclic) bond motifs is 1. The lowest BCUT2D eigenvalue weighted by atomic mass is 9.72. The van der Waals surface area contributed by atoms with Crippen molar-refractivity contribution in [3.05, 3.63) is 95.4 Å². The van der Waals surface area contributed by atoms with E-state index in [1.807, 2.05) is 42.6 Å². The summed E-state index contributed by atoms with van der Waals surface area (Å²) in [7, 11) is 0. The second-order valence-electron chi connectivity index (χ2n) is 9.15. The Kier molecular flexibility index (Phi) is 5.59. The summed E-state index contributed by atoms with van der Waals surface area (Å²) in [6.07, 6.45) is 5.69. The first kappa shape index (κ1) is 21.8. The molecule has 1 aliphatic rings. The third-order valence-corrected chi connectivity index (χ3v) is 6.88. The zero-order chi connectivity index (χ0) is 23.7. The van der Waals surface area contributed by atoms with Gasteiger partial charge in [0.15, 0.2) is 5.78 Å². The summed E-state index contributed by atoms with van der Waals surface area (Å²) in [5, 5.41) is 10.7. The molecule has 0 amide bonds. The Labute approximate surface area is 198 Å². The summed E-state index contributed by atoms with van der Waals surface area (Å²) in [6, 6.07) is 22.3. The summed E-state index contributed by atoms with van der Waals surface area (Å²) >= 11 is 0. The number of para-hydroxylation sites is 1. The number of hydrogen-bond donors (Lipinski definition) is 0. The number of ketones is 2. The summed E-state index contributed by atoms with van der Waals surface area (Å²) in [6.45, 7) is 2.05. The fraction of sp³-hybridized carbons (Fsp3) is 0.241. The highest BCUT2D eigenvalue weighted by atomic mass is 16.1. The molecule has 2 aromatic heterocycles. The number of carbonyl (C=O) groups is 2. The SMILES string of the molecule is Cc1ccc(-n2cc(C(=O)Cc3ccc(C4(C#N)CCC(=O)CC4)nc3)c3ccccc32)cc1. The number of benzene rings is 2. The second kappa shape index (κ2) is 8.72. The van der Waals surface area contributed by atoms with Crippen LogP contribution in [0.2, 0.25) is 0 Å². The van der Waals surface area contributed by atoms with Crippen LogP contribution in [-0.2, 0) is 16.6 Å². The molecule has 5 nitrogen and oxygen atoms in total. The van der Waals surface area contributed by atoms with E-state index in [0.717, 1.165) is 22.2 Å². The van der Waals surface area contributed by atoms with Crippen LogP contribution in [-0.4, -0.2) is 21.1 Å². The van der Waals surface area contributed by atoms with Crippen LogP contribution in [0.15, 0.2) is 73.1 Å². The van der Waals surface area contributed by atoms with Gasteiger partial charge in [0.1, 0.15) is 11.2 Å². The molecule has 0 atom stereocenters. The molecule has 5 heteroatoms. The van der Waals surface area contributed by atoms with Gasteiger partial charge in [0, 0.05) is 48.3 Å². The Morgan fingerprint density at radius 3 is 2.47 bits per heavy atom. The molecule has 0 unspecified atom stereocenters. The molecule has 2 heterocycles. The van der Waals surface area contributed by atoms with Gasteiger partial charge in [-0.1, -0.05) is 42.0 Å². The summed E-state index contributed by atoms with van der Waals surface area (Å²) in [5.41, 5.74) is 4.66. The van der Waals surface area contributed by atoms with E-state index in [1.165, 1.54) is 5.56 Å². The molecule has 168 valence electrons. The largest absolute Gasteiger partial charge is 0.316 e. The third kappa shape index (κ3) is 3.92. The quantitative estimate of drug-likeness (QED) is 0.370. The van der Waals surface area contributed by atoms with Crippen LogP contribution in [0.5, 0.6) is 0 Å². The average molecular weight is 448 g/mol. The number of carbonyl (C=O) groups excluding carboxylic acids is 2. The van der Waals surface area contributed by atoms with E-state index < -0.39 is 5.41 Å². The number of rotatable bonds is 5. The Bertz CT molecular complexity index is 1410. The van der Waals surface area contributed by atoms with Gasteiger partial charge in [0.25, 0.3) is 0 Å². The van der Waals surface area contributed by atoms with Crippen molar-refractivity contribution < 1.29 is 9.59 Å². The second-order valence-corrected chi connectivity index (χ2v) is 9.15. The van der Waals surface area contributed by atoms with E-state index in [-0.39, 0.29) is 18.0 Å². The minimum absolute atomic E-state index is 0.0230. The van der Waals surface area contributed by atoms with Crippen molar-refractivity contribution >= 4 is 22.5 Å². The Hall–Kier alpha value is -4.04. The molecule has 1 saturated carbocycles. The predicted octanol–water partition coefficient (Wildman–Crippen LogP) is 5.66. The van der Waals surface area contributed by atoms with Crippen LogP contribution < -0.4 is 0 Å². The first-order valence-corrected chi connectivity index (χ1v) is 11.6. The summed E-state index contributed by atoms with van der Waals surface area (Å²) in [5.74, 6) is 0.229. The molecule has 0 bridgehead atoms. The molecule has 5 rings (SSSR count). The zero-order valence-corrected chi connectivity index (χ0v) is 19.1. The number of nitriles is 1. The van der Waals surface area contributed by atoms with E-state index in [0.29, 0.717) is 36.9 Å². The molecule has 4 aromatic rings. The van der Waals surface area contributed by atoms with Gasteiger partial charge in [0.05, 0.1) is 17.3 Å². The number of nitrogens with zero attached hydrogens (tertiary/aromatic N) is 3. The summed E-state index contributed by atoms with van der Waals surface area (Å²) < 4.78 is 2.06. The highest BCUT2D eigenvalue weighted by Crippen LogP contribution is 2.36. The molecular formula is C29H25N3O2. The molecule has 0 radical (unpaired) electrons. The monoisotopic (exact) mass is 447 g/mol. The Morgan fingerprint density at radius 1 is 1.06 bits per heavy atom. The highest BCUT2D eigenvalue weighted by Gasteiger charge is 2.37. The van der Waals surface area contributed by atoms with Crippen molar-refractivity contribution in [1.82, 2.24) is 9.55 Å². The maximum atomic E-state index is 13.3. The van der Waals surface area contributed by atoms with Gasteiger partial charge in [-0.25, -0.2) is 0 Å². The van der Waals surface area contributed by atoms with Crippen LogP contribution >= 0.6 is 0 Å². The van der Waals surface area contributed by atoms with Crippen LogP contribution in [0.4, 0.5) is 0 Å². The molecular weight excluding hydrogens is 422 g/mol. The van der Waals surface area contributed by atoms with E-state index in [4.69, 9.17) is 0 Å². The van der Waals surface area contributed by atoms with Crippen molar-refractivity contribution in [2.24, 2.45) is 0 Å². The van der Waals surface area contributed by atoms with E-state index >= 15 is 0 Å². The van der Waals surface area contributed by atoms with Gasteiger partial charge in [-0.05, 0) is 49.6 Å². The molecule has 0 saturated heterocycles. The normalized spacial score (nSPS) is 15.2. The van der Waals surface area contributed by atoms with E-state index in [9.17, 15) is 14.9 Å². The molecule has 0 aliphatic heterocycles. The number of aryl methyl sites for hydroxylation is 1. The molecule has 1 fully saturated rings. The lowest BCUT2D eigenvalue weighted by Crippen LogP contribution is -2.31. The maximum absolute atomic E-state index is 13.3. The smallest absolute Gasteiger partial charge is 0.169 e. The molecule has 1 aliphatic carbocycles. The van der Waals surface area contributed by atoms with Gasteiger partial charge in [-0.2, -0.15) is 5.26 Å². The highest BCUT2D eigenvalue weighted by molar-refractivity contribution is 6.09. The van der Waals surface area contributed by atoms with Crippen molar-refractivity contribution in [2.45, 2.75) is 44.4 Å². The van der Waals surface area contributed by atoms with Gasteiger partial charge < -0.3 is 4.57 Å². The molecule has 34 heavy (non-hydrogen) atoms. The Morgan fingerprint density at radius 2 is 1.79 bits per heavy atom. The molecule has 0 N–H and O–H groups in total. The van der Waals surface area contributed by atoms with Crippen LogP contribution in [0.3, 0.4) is 0 Å². The third-order valence-electron chi connectivity index (χ3n) is 6.88. The fourth-order valence-electron chi connectivity index (χ4n) is 4.79. The Balaban J connectivity index is 1.42. The van der Waals surface area contributed by atoms with Crippen molar-refractivity contribution in [3.63, 3.8) is 0 Å². The lowest BCUT2D eigenvalue weighted by molar-refractivity contribution is -0.121. The van der Waals surface area contributed by atoms with Gasteiger partial charge in [0.2, 0.25) is 0 Å². The number of pyridine rings is 1. The molecule has 0 spiro atoms. The van der Waals surface area contributed by atoms with Gasteiger partial charge in [-0.15, -0.1) is 0 Å². The lowest BCUT2D eigenvalue weighted by Gasteiger charge is -2.29. The van der Waals surface area contributed by atoms with E-state index in [2.05, 4.69) is 46.8 Å². The maximum Gasteiger partial charge on any atom is 0.169 e. The summed E-state index contributed by atoms with van der Waals surface area (Å²) in [4.78, 5) is 29.5. The van der Waals surface area contributed by atoms with E-state index in [1.54, 1.807) is 6.20 Å². The van der Waals surface area contributed by atoms with Crippen molar-refractivity contribution in [3.8, 4) is 11.8 Å². The zero-order valence-electron chi connectivity index (χ0n) is 19.1. The van der Waals surface area contributed by atoms with Gasteiger partial charge >= 0.3 is 0 Å². The minimum atomic E-state index is -0.710. The first-order valence-electron chi connectivity index (χ1n) is 11.6. The number of Topliss-reactive ketones (excluding diaryl/α,β-unsaturated/α-hetero) is 2. The molecule has 2 aromatic carbocycles. The van der Waals surface area contributed by atoms with Crippen molar-refractivity contribution in [1.29, 1.82) is 5.26 Å². The van der Waals surface area contributed by atoms with Crippen LogP contribution in [0.25, 0.3) is 16.6 Å². The van der Waals surface area contributed by atoms with Crippen LogP contribution in [0, 0.1) is 18.3 Å². The number of hydrogen-bond acceptors (Lipinski definition) is 4. The number of aromatic nitrogens is 2. The predicted molar refractivity (Wildman–Crippen MR) is 131 cm³/mol. The standard InChI is InChI=1S/C29H25N3O2/c1-20-6-9-22(10-7-20)32-18-25(24-4-2-3-5-26(24)32)27(34)16-21-8-11-28(31-17-21)29(19-30)14-12-23(33)13-15-29/h2-11,17-18H,12-16H2,1H3. The minimum Gasteiger partial charge on any atom is -0.316 e.